The summed E-state index contributed by atoms with van der Waals surface area (Å²) < 4.78 is 0. The van der Waals surface area contributed by atoms with Gasteiger partial charge in [-0.25, -0.2) is 4.98 Å². The summed E-state index contributed by atoms with van der Waals surface area (Å²) in [7, 11) is 0. The molecule has 0 aliphatic carbocycles. The average molecular weight is 568 g/mol. The third-order valence-electron chi connectivity index (χ3n) is 6.40. The number of nitrogens with zero attached hydrogens (tertiary/aromatic N) is 4. The molecule has 0 saturated carbocycles. The second kappa shape index (κ2) is 13.7. The zero-order chi connectivity index (χ0) is 27.8. The molecular formula is C29H34ClN5O3S. The van der Waals surface area contributed by atoms with Crippen molar-refractivity contribution in [2.45, 2.75) is 26.8 Å². The van der Waals surface area contributed by atoms with Crippen molar-refractivity contribution in [3.63, 3.8) is 0 Å². The highest BCUT2D eigenvalue weighted by Gasteiger charge is 2.23. The van der Waals surface area contributed by atoms with Crippen molar-refractivity contribution in [1.82, 2.24) is 19.7 Å². The summed E-state index contributed by atoms with van der Waals surface area (Å²) in [5, 5.41) is 5.54. The first kappa shape index (κ1) is 28.7. The number of nitrogens with one attached hydrogen (secondary N) is 1. The maximum atomic E-state index is 13.0. The van der Waals surface area contributed by atoms with Crippen molar-refractivity contribution >= 4 is 45.8 Å². The van der Waals surface area contributed by atoms with Crippen LogP contribution in [0.4, 0.5) is 5.13 Å². The number of thiazole rings is 1. The van der Waals surface area contributed by atoms with Crippen molar-refractivity contribution in [1.29, 1.82) is 0 Å². The molecule has 1 aromatic heterocycles. The monoisotopic (exact) mass is 567 g/mol. The van der Waals surface area contributed by atoms with E-state index in [1.54, 1.807) is 29.6 Å². The minimum Gasteiger partial charge on any atom is -0.340 e. The molecule has 4 rings (SSSR count). The molecule has 10 heteroatoms. The lowest BCUT2D eigenvalue weighted by atomic mass is 10.1. The minimum absolute atomic E-state index is 0.0363. The van der Waals surface area contributed by atoms with E-state index >= 15 is 0 Å². The molecule has 2 heterocycles. The van der Waals surface area contributed by atoms with Crippen LogP contribution in [-0.2, 0) is 22.6 Å². The van der Waals surface area contributed by atoms with Gasteiger partial charge in [0.15, 0.2) is 5.13 Å². The number of carbonyl (C=O) groups is 3. The fourth-order valence-corrected chi connectivity index (χ4v) is 5.33. The Morgan fingerprint density at radius 1 is 1.03 bits per heavy atom. The predicted molar refractivity (Wildman–Crippen MR) is 155 cm³/mol. The van der Waals surface area contributed by atoms with E-state index in [0.717, 1.165) is 19.6 Å². The molecule has 0 atom stereocenters. The zero-order valence-electron chi connectivity index (χ0n) is 22.3. The molecule has 1 N–H and O–H groups in total. The molecule has 39 heavy (non-hydrogen) atoms. The van der Waals surface area contributed by atoms with Gasteiger partial charge in [0, 0.05) is 55.2 Å². The summed E-state index contributed by atoms with van der Waals surface area (Å²) in [6, 6.07) is 17.0. The number of amides is 3. The second-order valence-electron chi connectivity index (χ2n) is 10.1. The standard InChI is InChI=1S/C29H34ClN5O3S/c1-21(2)17-35(28(38)23-8-10-24(30)11-9-23)19-26(36)32-29-31-25(20-39-29)16-27(37)34-14-12-33(13-15-34)18-22-6-4-3-5-7-22/h3-11,20-21H,12-19H2,1-2H3,(H,31,32,36). The number of halogens is 1. The highest BCUT2D eigenvalue weighted by atomic mass is 35.5. The SMILES string of the molecule is CC(C)CN(CC(=O)Nc1nc(CC(=O)N2CCN(Cc3ccccc3)CC2)cs1)C(=O)c1ccc(Cl)cc1. The Kier molecular flexibility index (Phi) is 10.1. The molecular weight excluding hydrogens is 534 g/mol. The van der Waals surface area contributed by atoms with E-state index in [0.29, 0.717) is 41.0 Å². The van der Waals surface area contributed by atoms with Crippen LogP contribution < -0.4 is 5.32 Å². The van der Waals surface area contributed by atoms with Gasteiger partial charge in [-0.2, -0.15) is 0 Å². The number of rotatable bonds is 10. The van der Waals surface area contributed by atoms with Crippen LogP contribution in [0.25, 0.3) is 0 Å². The Hall–Kier alpha value is -3.27. The van der Waals surface area contributed by atoms with Crippen LogP contribution in [0.1, 0.15) is 35.5 Å². The third kappa shape index (κ3) is 8.61. The van der Waals surface area contributed by atoms with Gasteiger partial charge in [0.25, 0.3) is 5.91 Å². The third-order valence-corrected chi connectivity index (χ3v) is 7.46. The Labute approximate surface area is 238 Å². The van der Waals surface area contributed by atoms with E-state index in [9.17, 15) is 14.4 Å². The first-order valence-corrected chi connectivity index (χ1v) is 14.4. The Bertz CT molecular complexity index is 1260. The summed E-state index contributed by atoms with van der Waals surface area (Å²) in [6.07, 6.45) is 0.194. The van der Waals surface area contributed by atoms with Crippen LogP contribution in [0.15, 0.2) is 60.0 Å². The topological polar surface area (TPSA) is 85.8 Å². The lowest BCUT2D eigenvalue weighted by molar-refractivity contribution is -0.132. The maximum absolute atomic E-state index is 13.0. The molecule has 1 fully saturated rings. The molecule has 1 aliphatic rings. The Balaban J connectivity index is 1.26. The van der Waals surface area contributed by atoms with Gasteiger partial charge in [0.1, 0.15) is 6.54 Å². The van der Waals surface area contributed by atoms with Crippen molar-refractivity contribution in [3.05, 3.63) is 81.8 Å². The summed E-state index contributed by atoms with van der Waals surface area (Å²) in [5.41, 5.74) is 2.38. The van der Waals surface area contributed by atoms with Crippen molar-refractivity contribution in [2.24, 2.45) is 5.92 Å². The Morgan fingerprint density at radius 3 is 2.38 bits per heavy atom. The fourth-order valence-electron chi connectivity index (χ4n) is 4.48. The maximum Gasteiger partial charge on any atom is 0.254 e. The predicted octanol–water partition coefficient (Wildman–Crippen LogP) is 4.42. The first-order valence-electron chi connectivity index (χ1n) is 13.1. The summed E-state index contributed by atoms with van der Waals surface area (Å²) in [4.78, 5) is 48.9. The number of piperazine rings is 1. The van der Waals surface area contributed by atoms with Crippen LogP contribution in [0.3, 0.4) is 0 Å². The van der Waals surface area contributed by atoms with E-state index in [1.165, 1.54) is 21.8 Å². The zero-order valence-corrected chi connectivity index (χ0v) is 23.9. The second-order valence-corrected chi connectivity index (χ2v) is 11.4. The molecule has 2 aromatic carbocycles. The van der Waals surface area contributed by atoms with Gasteiger partial charge >= 0.3 is 0 Å². The average Bonchev–Trinajstić information content (AvgIpc) is 3.35. The van der Waals surface area contributed by atoms with E-state index in [-0.39, 0.29) is 36.6 Å². The lowest BCUT2D eigenvalue weighted by Crippen LogP contribution is -2.48. The normalized spacial score (nSPS) is 13.9. The number of hydrogen-bond donors (Lipinski definition) is 1. The molecule has 0 unspecified atom stereocenters. The highest BCUT2D eigenvalue weighted by Crippen LogP contribution is 2.18. The summed E-state index contributed by atoms with van der Waals surface area (Å²) in [6.45, 7) is 8.26. The largest absolute Gasteiger partial charge is 0.340 e. The van der Waals surface area contributed by atoms with Crippen LogP contribution in [0.2, 0.25) is 5.02 Å². The lowest BCUT2D eigenvalue weighted by Gasteiger charge is -2.34. The van der Waals surface area contributed by atoms with E-state index in [2.05, 4.69) is 27.3 Å². The first-order chi connectivity index (χ1) is 18.8. The van der Waals surface area contributed by atoms with Crippen molar-refractivity contribution < 1.29 is 14.4 Å². The molecule has 206 valence electrons. The van der Waals surface area contributed by atoms with E-state index < -0.39 is 0 Å². The Morgan fingerprint density at radius 2 is 1.72 bits per heavy atom. The molecule has 0 radical (unpaired) electrons. The summed E-state index contributed by atoms with van der Waals surface area (Å²) >= 11 is 7.22. The van der Waals surface area contributed by atoms with Crippen LogP contribution in [-0.4, -0.2) is 76.7 Å². The van der Waals surface area contributed by atoms with Gasteiger partial charge in [-0.05, 0) is 35.7 Å². The van der Waals surface area contributed by atoms with Gasteiger partial charge in [-0.1, -0.05) is 55.8 Å². The molecule has 1 saturated heterocycles. The van der Waals surface area contributed by atoms with Crippen molar-refractivity contribution in [3.8, 4) is 0 Å². The van der Waals surface area contributed by atoms with Crippen LogP contribution in [0, 0.1) is 5.92 Å². The number of aromatic nitrogens is 1. The van der Waals surface area contributed by atoms with E-state index in [4.69, 9.17) is 11.6 Å². The smallest absolute Gasteiger partial charge is 0.254 e. The molecule has 3 amide bonds. The quantitative estimate of drug-likeness (QED) is 0.392. The van der Waals surface area contributed by atoms with E-state index in [1.807, 2.05) is 36.9 Å². The molecule has 3 aromatic rings. The van der Waals surface area contributed by atoms with Gasteiger partial charge < -0.3 is 15.1 Å². The van der Waals surface area contributed by atoms with Gasteiger partial charge in [0.2, 0.25) is 11.8 Å². The van der Waals surface area contributed by atoms with Crippen molar-refractivity contribution in [2.75, 3.05) is 44.6 Å². The molecule has 8 nitrogen and oxygen atoms in total. The number of anilines is 1. The number of carbonyl (C=O) groups excluding carboxylic acids is 3. The molecule has 0 spiro atoms. The van der Waals surface area contributed by atoms with Gasteiger partial charge in [-0.15, -0.1) is 11.3 Å². The van der Waals surface area contributed by atoms with Gasteiger partial charge in [0.05, 0.1) is 12.1 Å². The summed E-state index contributed by atoms with van der Waals surface area (Å²) in [5.74, 6) is -0.342. The fraction of sp³-hybridized carbons (Fsp3) is 0.379. The van der Waals surface area contributed by atoms with Crippen LogP contribution >= 0.6 is 22.9 Å². The highest BCUT2D eigenvalue weighted by molar-refractivity contribution is 7.13. The van der Waals surface area contributed by atoms with Crippen LogP contribution in [0.5, 0.6) is 0 Å². The number of benzene rings is 2. The minimum atomic E-state index is -0.334. The number of hydrogen-bond acceptors (Lipinski definition) is 6. The van der Waals surface area contributed by atoms with Gasteiger partial charge in [-0.3, -0.25) is 19.3 Å². The molecule has 1 aliphatic heterocycles. The molecule has 0 bridgehead atoms.